The van der Waals surface area contributed by atoms with Crippen molar-refractivity contribution in [3.63, 3.8) is 0 Å². The molecule has 2 saturated carbocycles. The minimum Gasteiger partial charge on any atom is -0.481 e. The summed E-state index contributed by atoms with van der Waals surface area (Å²) in [4.78, 5) is 35.2. The van der Waals surface area contributed by atoms with Crippen molar-refractivity contribution in [3.8, 4) is 5.88 Å². The van der Waals surface area contributed by atoms with Gasteiger partial charge >= 0.3 is 5.97 Å². The van der Waals surface area contributed by atoms with E-state index < -0.39 is 29.7 Å². The molecular weight excluding hydrogens is 568 g/mol. The van der Waals surface area contributed by atoms with Crippen LogP contribution in [0.5, 0.6) is 5.88 Å². The van der Waals surface area contributed by atoms with E-state index in [4.69, 9.17) is 18.9 Å². The van der Waals surface area contributed by atoms with Gasteiger partial charge in [0.2, 0.25) is 5.88 Å². The van der Waals surface area contributed by atoms with Crippen molar-refractivity contribution < 1.29 is 28.5 Å². The van der Waals surface area contributed by atoms with Gasteiger partial charge in [0.25, 0.3) is 5.91 Å². The minimum absolute atomic E-state index is 0.144. The third kappa shape index (κ3) is 6.50. The minimum atomic E-state index is -0.813. The number of esters is 1. The molecule has 2 aliphatic heterocycles. The van der Waals surface area contributed by atoms with Gasteiger partial charge in [0, 0.05) is 24.3 Å². The molecule has 45 heavy (non-hydrogen) atoms. The average molecular weight is 619 g/mol. The second-order valence-corrected chi connectivity index (χ2v) is 14.4. The van der Waals surface area contributed by atoms with E-state index in [1.54, 1.807) is 7.11 Å². The lowest BCUT2D eigenvalue weighted by atomic mass is 9.73. The lowest BCUT2D eigenvalue weighted by molar-refractivity contribution is -0.162. The van der Waals surface area contributed by atoms with Crippen LogP contribution in [-0.2, 0) is 30.4 Å². The van der Waals surface area contributed by atoms with Gasteiger partial charge in [-0.3, -0.25) is 4.79 Å². The zero-order valence-electron chi connectivity index (χ0n) is 27.6. The van der Waals surface area contributed by atoms with E-state index in [-0.39, 0.29) is 31.0 Å². The molecule has 0 N–H and O–H groups in total. The number of likely N-dealkylation sites (tertiary alicyclic amines) is 1. The first-order valence-corrected chi connectivity index (χ1v) is 17.1. The van der Waals surface area contributed by atoms with E-state index >= 15 is 0 Å². The zero-order chi connectivity index (χ0) is 31.7. The number of amides is 1. The quantitative estimate of drug-likeness (QED) is 0.269. The maximum atomic E-state index is 14.7. The fourth-order valence-electron chi connectivity index (χ4n) is 7.73. The molecule has 0 radical (unpaired) electrons. The number of benzene rings is 1. The Hall–Kier alpha value is -2.97. The van der Waals surface area contributed by atoms with Crippen molar-refractivity contribution in [3.05, 3.63) is 58.8 Å². The van der Waals surface area contributed by atoms with Crippen molar-refractivity contribution in [1.82, 2.24) is 9.88 Å². The number of ether oxygens (including phenoxy) is 4. The van der Waals surface area contributed by atoms with Crippen molar-refractivity contribution in [2.45, 2.75) is 122 Å². The number of hydrogen-bond acceptors (Lipinski definition) is 7. The van der Waals surface area contributed by atoms with Crippen LogP contribution in [0.25, 0.3) is 0 Å². The molecule has 1 aromatic heterocycles. The Morgan fingerprint density at radius 1 is 1.00 bits per heavy atom. The van der Waals surface area contributed by atoms with Crippen LogP contribution in [0.2, 0.25) is 0 Å². The Bertz CT molecular complexity index is 1360. The van der Waals surface area contributed by atoms with Crippen LogP contribution in [0.3, 0.4) is 0 Å². The summed E-state index contributed by atoms with van der Waals surface area (Å²) in [6.07, 6.45) is 9.18. The Kier molecular flexibility index (Phi) is 9.53. The number of rotatable bonds is 10. The fraction of sp³-hybridized carbons (Fsp3) is 0.649. The lowest BCUT2D eigenvalue weighted by Crippen LogP contribution is -2.51. The highest BCUT2D eigenvalue weighted by Crippen LogP contribution is 2.53. The molecule has 0 unspecified atom stereocenters. The molecule has 8 heteroatoms. The molecule has 6 rings (SSSR count). The second kappa shape index (κ2) is 13.4. The zero-order valence-corrected chi connectivity index (χ0v) is 27.6. The highest BCUT2D eigenvalue weighted by Gasteiger charge is 2.60. The largest absolute Gasteiger partial charge is 0.481 e. The molecule has 8 nitrogen and oxygen atoms in total. The number of aromatic nitrogens is 1. The molecule has 2 saturated heterocycles. The van der Waals surface area contributed by atoms with Gasteiger partial charge in [-0.1, -0.05) is 51.5 Å². The smallest absolute Gasteiger partial charge is 0.329 e. The van der Waals surface area contributed by atoms with Crippen molar-refractivity contribution >= 4 is 11.9 Å². The van der Waals surface area contributed by atoms with Crippen LogP contribution in [0.4, 0.5) is 0 Å². The Morgan fingerprint density at radius 2 is 1.76 bits per heavy atom. The van der Waals surface area contributed by atoms with E-state index in [0.717, 1.165) is 36.8 Å². The number of methoxy groups -OCH3 is 1. The van der Waals surface area contributed by atoms with Crippen LogP contribution in [0.1, 0.15) is 119 Å². The predicted octanol–water partition coefficient (Wildman–Crippen LogP) is 6.87. The SMILES string of the molecule is CCOC(=O)[C@@H]1[C@@H](C(C)(C)C)[C@H](OCc2cc(C3CCC3)cnc2OC)[C@H](c2ccccc2C2CC2)N1C(=O)[C@@H]1CCCCO1. The first kappa shape index (κ1) is 32.0. The molecule has 5 atom stereocenters. The number of pyridine rings is 1. The van der Waals surface area contributed by atoms with E-state index in [1.165, 1.54) is 30.4 Å². The normalized spacial score (nSPS) is 27.2. The first-order chi connectivity index (χ1) is 21.7. The third-order valence-electron chi connectivity index (χ3n) is 10.3. The topological polar surface area (TPSA) is 87.2 Å². The molecule has 1 amide bonds. The molecule has 4 fully saturated rings. The predicted molar refractivity (Wildman–Crippen MR) is 171 cm³/mol. The lowest BCUT2D eigenvalue weighted by Gasteiger charge is -2.36. The van der Waals surface area contributed by atoms with Gasteiger partial charge in [-0.15, -0.1) is 0 Å². The van der Waals surface area contributed by atoms with E-state index in [9.17, 15) is 9.59 Å². The van der Waals surface area contributed by atoms with Crippen molar-refractivity contribution in [2.75, 3.05) is 20.3 Å². The molecule has 0 bridgehead atoms. The van der Waals surface area contributed by atoms with Crippen LogP contribution in [-0.4, -0.2) is 60.3 Å². The number of carbonyl (C=O) groups excluding carboxylic acids is 2. The van der Waals surface area contributed by atoms with Gasteiger partial charge in [0.1, 0.15) is 12.1 Å². The van der Waals surface area contributed by atoms with Gasteiger partial charge < -0.3 is 23.8 Å². The standard InChI is InChI=1S/C37H50N2O6/c1-6-43-36(41)32-30(37(2,3)4)33(45-22-26-20-25(23-12-11-13-23)21-38-34(26)42-5)31(28-15-8-7-14-27(28)24-17-18-24)39(32)35(40)29-16-9-10-19-44-29/h7-8,14-15,20-21,23-24,29-33H,6,9-13,16-19,22H2,1-5H3/t29-,30+,31-,32-,33-/m0/s1. The van der Waals surface area contributed by atoms with Gasteiger partial charge in [0.05, 0.1) is 32.5 Å². The number of hydrogen-bond donors (Lipinski definition) is 0. The van der Waals surface area contributed by atoms with Crippen LogP contribution in [0, 0.1) is 11.3 Å². The number of carbonyl (C=O) groups is 2. The summed E-state index contributed by atoms with van der Waals surface area (Å²) in [6.45, 7) is 9.26. The molecule has 3 heterocycles. The molecule has 2 aliphatic carbocycles. The maximum Gasteiger partial charge on any atom is 0.329 e. The van der Waals surface area contributed by atoms with Gasteiger partial charge in [-0.2, -0.15) is 0 Å². The first-order valence-electron chi connectivity index (χ1n) is 17.1. The third-order valence-corrected chi connectivity index (χ3v) is 10.3. The van der Waals surface area contributed by atoms with Crippen LogP contribution >= 0.6 is 0 Å². The van der Waals surface area contributed by atoms with Crippen molar-refractivity contribution in [2.24, 2.45) is 11.3 Å². The summed E-state index contributed by atoms with van der Waals surface area (Å²) in [5.41, 5.74) is 4.00. The average Bonchev–Trinajstić information content (AvgIpc) is 3.79. The molecule has 0 spiro atoms. The Labute approximate surface area is 268 Å². The molecular formula is C37H50N2O6. The molecule has 1 aromatic carbocycles. The summed E-state index contributed by atoms with van der Waals surface area (Å²) in [7, 11) is 1.64. The van der Waals surface area contributed by atoms with Gasteiger partial charge in [-0.05, 0) is 91.9 Å². The van der Waals surface area contributed by atoms with E-state index in [0.29, 0.717) is 30.7 Å². The van der Waals surface area contributed by atoms with Gasteiger partial charge in [0.15, 0.2) is 0 Å². The summed E-state index contributed by atoms with van der Waals surface area (Å²) in [6, 6.07) is 9.30. The number of nitrogens with zero attached hydrogens (tertiary/aromatic N) is 2. The van der Waals surface area contributed by atoms with E-state index in [2.05, 4.69) is 50.0 Å². The Morgan fingerprint density at radius 3 is 2.36 bits per heavy atom. The second-order valence-electron chi connectivity index (χ2n) is 14.4. The van der Waals surface area contributed by atoms with E-state index in [1.807, 2.05) is 24.1 Å². The highest BCUT2D eigenvalue weighted by atomic mass is 16.5. The van der Waals surface area contributed by atoms with Crippen LogP contribution in [0.15, 0.2) is 36.5 Å². The highest BCUT2D eigenvalue weighted by molar-refractivity contribution is 5.89. The summed E-state index contributed by atoms with van der Waals surface area (Å²) < 4.78 is 24.6. The maximum absolute atomic E-state index is 14.7. The monoisotopic (exact) mass is 618 g/mol. The summed E-state index contributed by atoms with van der Waals surface area (Å²) in [5.74, 6) is 0.649. The molecule has 4 aliphatic rings. The summed E-state index contributed by atoms with van der Waals surface area (Å²) >= 11 is 0. The molecule has 2 aromatic rings. The summed E-state index contributed by atoms with van der Waals surface area (Å²) in [5, 5.41) is 0. The molecule has 244 valence electrons. The fourth-order valence-corrected chi connectivity index (χ4v) is 7.73. The van der Waals surface area contributed by atoms with Crippen LogP contribution < -0.4 is 4.74 Å². The van der Waals surface area contributed by atoms with Gasteiger partial charge in [-0.25, -0.2) is 9.78 Å². The Balaban J connectivity index is 1.46. The van der Waals surface area contributed by atoms with Crippen molar-refractivity contribution in [1.29, 1.82) is 0 Å².